The zero-order chi connectivity index (χ0) is 17.5. The predicted molar refractivity (Wildman–Crippen MR) is 87.3 cm³/mol. The molecule has 1 aliphatic rings. The van der Waals surface area contributed by atoms with Crippen molar-refractivity contribution in [2.45, 2.75) is 6.92 Å². The Bertz CT molecular complexity index is 749. The fourth-order valence-corrected chi connectivity index (χ4v) is 2.37. The molecule has 1 N–H and O–H groups in total. The summed E-state index contributed by atoms with van der Waals surface area (Å²) in [5, 5.41) is 20.9. The minimum absolute atomic E-state index is 0.0185. The van der Waals surface area contributed by atoms with Crippen molar-refractivity contribution >= 4 is 17.5 Å². The number of nitrogens with one attached hydrogen (secondary N) is 1. The number of hydrogen-bond donors (Lipinski definition) is 1. The van der Waals surface area contributed by atoms with E-state index in [2.05, 4.69) is 5.32 Å². The van der Waals surface area contributed by atoms with Crippen molar-refractivity contribution in [2.24, 2.45) is 0 Å². The zero-order valence-corrected chi connectivity index (χ0v) is 13.3. The normalized spacial score (nSPS) is 14.5. The summed E-state index contributed by atoms with van der Waals surface area (Å²) in [6.45, 7) is 3.76. The molecular weight excluding hydrogens is 306 g/mol. The van der Waals surface area contributed by atoms with E-state index in [1.165, 1.54) is 13.1 Å². The molecule has 1 fully saturated rings. The van der Waals surface area contributed by atoms with E-state index in [0.717, 1.165) is 0 Å². The molecule has 2 rings (SSSR count). The van der Waals surface area contributed by atoms with Crippen LogP contribution in [0.25, 0.3) is 0 Å². The zero-order valence-electron chi connectivity index (χ0n) is 13.3. The third kappa shape index (κ3) is 4.11. The monoisotopic (exact) mass is 323 g/mol. The molecule has 7 heteroatoms. The van der Waals surface area contributed by atoms with Gasteiger partial charge in [-0.25, -0.2) is 0 Å². The summed E-state index contributed by atoms with van der Waals surface area (Å²) in [6.07, 6.45) is 1.50. The molecule has 0 bridgehead atoms. The van der Waals surface area contributed by atoms with E-state index >= 15 is 0 Å². The molecule has 24 heavy (non-hydrogen) atoms. The number of para-hydroxylation sites is 1. The lowest BCUT2D eigenvalue weighted by molar-refractivity contribution is -0.130. The van der Waals surface area contributed by atoms with Crippen molar-refractivity contribution < 1.29 is 9.59 Å². The van der Waals surface area contributed by atoms with Crippen LogP contribution in [0.15, 0.2) is 36.0 Å². The van der Waals surface area contributed by atoms with Crippen molar-refractivity contribution in [3.8, 4) is 12.1 Å². The van der Waals surface area contributed by atoms with Gasteiger partial charge < -0.3 is 15.1 Å². The number of anilines is 1. The number of piperazine rings is 1. The van der Waals surface area contributed by atoms with Crippen LogP contribution in [-0.2, 0) is 9.59 Å². The lowest BCUT2D eigenvalue weighted by Gasteiger charge is -2.33. The predicted octanol–water partition coefficient (Wildman–Crippen LogP) is 1.07. The summed E-state index contributed by atoms with van der Waals surface area (Å²) in [5.41, 5.74) is 0.657. The number of amides is 2. The van der Waals surface area contributed by atoms with Gasteiger partial charge in [-0.15, -0.1) is 0 Å². The van der Waals surface area contributed by atoms with Crippen LogP contribution in [-0.4, -0.2) is 47.8 Å². The number of carbonyl (C=O) groups excluding carboxylic acids is 2. The molecule has 1 aliphatic heterocycles. The Hall–Kier alpha value is -3.32. The minimum atomic E-state index is -0.561. The van der Waals surface area contributed by atoms with E-state index in [1.54, 1.807) is 29.2 Å². The highest BCUT2D eigenvalue weighted by atomic mass is 16.2. The quantitative estimate of drug-likeness (QED) is 0.662. The Morgan fingerprint density at radius 2 is 1.83 bits per heavy atom. The Labute approximate surface area is 140 Å². The Morgan fingerprint density at radius 3 is 2.42 bits per heavy atom. The van der Waals surface area contributed by atoms with Gasteiger partial charge in [-0.05, 0) is 12.1 Å². The molecule has 0 unspecified atom stereocenters. The standard InChI is InChI=1S/C17H17N5O2/c1-13(23)22-8-6-21(7-9-22)12-15(11-19)17(24)20-16-5-3-2-4-14(16)10-18/h2-5,12H,6-9H2,1H3,(H,20,24)/b15-12-. The second-order valence-electron chi connectivity index (χ2n) is 5.31. The fraction of sp³-hybridized carbons (Fsp3) is 0.294. The molecule has 2 amide bonds. The topological polar surface area (TPSA) is 100 Å². The Balaban J connectivity index is 2.06. The molecule has 122 valence electrons. The van der Waals surface area contributed by atoms with Gasteiger partial charge in [0.1, 0.15) is 17.7 Å². The van der Waals surface area contributed by atoms with Crippen LogP contribution in [0.5, 0.6) is 0 Å². The molecule has 7 nitrogen and oxygen atoms in total. The van der Waals surface area contributed by atoms with Crippen LogP contribution in [0, 0.1) is 22.7 Å². The average molecular weight is 323 g/mol. The average Bonchev–Trinajstić information content (AvgIpc) is 2.60. The highest BCUT2D eigenvalue weighted by Gasteiger charge is 2.19. The van der Waals surface area contributed by atoms with Crippen LogP contribution in [0.4, 0.5) is 5.69 Å². The maximum absolute atomic E-state index is 12.3. The Kier molecular flexibility index (Phi) is 5.54. The molecule has 0 saturated carbocycles. The van der Waals surface area contributed by atoms with Gasteiger partial charge in [0.15, 0.2) is 0 Å². The number of benzene rings is 1. The first-order valence-electron chi connectivity index (χ1n) is 7.47. The van der Waals surface area contributed by atoms with Crippen LogP contribution in [0.2, 0.25) is 0 Å². The fourth-order valence-electron chi connectivity index (χ4n) is 2.37. The molecule has 1 saturated heterocycles. The van der Waals surface area contributed by atoms with Gasteiger partial charge in [0, 0.05) is 39.3 Å². The number of hydrogen-bond acceptors (Lipinski definition) is 5. The van der Waals surface area contributed by atoms with Gasteiger partial charge in [0.05, 0.1) is 11.3 Å². The highest BCUT2D eigenvalue weighted by Crippen LogP contribution is 2.15. The van der Waals surface area contributed by atoms with Gasteiger partial charge >= 0.3 is 0 Å². The van der Waals surface area contributed by atoms with E-state index in [1.807, 2.05) is 17.0 Å². The third-order valence-electron chi connectivity index (χ3n) is 3.73. The lowest BCUT2D eigenvalue weighted by Crippen LogP contribution is -2.46. The number of nitriles is 2. The van der Waals surface area contributed by atoms with Gasteiger partial charge in [-0.1, -0.05) is 12.1 Å². The van der Waals surface area contributed by atoms with Crippen LogP contribution in [0.1, 0.15) is 12.5 Å². The van der Waals surface area contributed by atoms with Crippen LogP contribution < -0.4 is 5.32 Å². The summed E-state index contributed by atoms with van der Waals surface area (Å²) < 4.78 is 0. The molecule has 1 aromatic rings. The maximum atomic E-state index is 12.3. The minimum Gasteiger partial charge on any atom is -0.373 e. The first-order chi connectivity index (χ1) is 11.5. The summed E-state index contributed by atoms with van der Waals surface area (Å²) in [7, 11) is 0. The summed E-state index contributed by atoms with van der Waals surface area (Å²) in [5.74, 6) is -0.542. The van der Waals surface area contributed by atoms with E-state index in [9.17, 15) is 14.9 Å². The summed E-state index contributed by atoms with van der Waals surface area (Å²) in [6, 6.07) is 10.5. The van der Waals surface area contributed by atoms with Crippen LogP contribution >= 0.6 is 0 Å². The molecule has 0 aliphatic carbocycles. The lowest BCUT2D eigenvalue weighted by atomic mass is 10.2. The smallest absolute Gasteiger partial charge is 0.267 e. The van der Waals surface area contributed by atoms with E-state index < -0.39 is 5.91 Å². The number of carbonyl (C=O) groups is 2. The van der Waals surface area contributed by atoms with Gasteiger partial charge in [0.2, 0.25) is 5.91 Å². The summed E-state index contributed by atoms with van der Waals surface area (Å²) in [4.78, 5) is 27.1. The van der Waals surface area contributed by atoms with E-state index in [0.29, 0.717) is 37.4 Å². The largest absolute Gasteiger partial charge is 0.373 e. The molecule has 0 spiro atoms. The first-order valence-corrected chi connectivity index (χ1v) is 7.47. The molecule has 1 heterocycles. The molecule has 1 aromatic carbocycles. The van der Waals surface area contributed by atoms with Crippen molar-refractivity contribution in [3.63, 3.8) is 0 Å². The van der Waals surface area contributed by atoms with E-state index in [-0.39, 0.29) is 11.5 Å². The first kappa shape index (κ1) is 17.0. The molecular formula is C17H17N5O2. The molecule has 0 radical (unpaired) electrons. The SMILES string of the molecule is CC(=O)N1CCN(/C=C(/C#N)C(=O)Nc2ccccc2C#N)CC1. The van der Waals surface area contributed by atoms with Gasteiger partial charge in [0.25, 0.3) is 5.91 Å². The maximum Gasteiger partial charge on any atom is 0.267 e. The number of nitrogens with zero attached hydrogens (tertiary/aromatic N) is 4. The second kappa shape index (κ2) is 7.80. The van der Waals surface area contributed by atoms with E-state index in [4.69, 9.17) is 5.26 Å². The number of rotatable bonds is 3. The van der Waals surface area contributed by atoms with Gasteiger partial charge in [-0.2, -0.15) is 10.5 Å². The van der Waals surface area contributed by atoms with Crippen LogP contribution in [0.3, 0.4) is 0 Å². The molecule has 0 atom stereocenters. The van der Waals surface area contributed by atoms with Crippen molar-refractivity contribution in [2.75, 3.05) is 31.5 Å². The second-order valence-corrected chi connectivity index (χ2v) is 5.31. The van der Waals surface area contributed by atoms with Crippen molar-refractivity contribution in [1.82, 2.24) is 9.80 Å². The Morgan fingerprint density at radius 1 is 1.17 bits per heavy atom. The van der Waals surface area contributed by atoms with Crippen molar-refractivity contribution in [1.29, 1.82) is 10.5 Å². The summed E-state index contributed by atoms with van der Waals surface area (Å²) >= 11 is 0. The van der Waals surface area contributed by atoms with Gasteiger partial charge in [-0.3, -0.25) is 9.59 Å². The highest BCUT2D eigenvalue weighted by molar-refractivity contribution is 6.07. The third-order valence-corrected chi connectivity index (χ3v) is 3.73. The molecule has 0 aromatic heterocycles. The van der Waals surface area contributed by atoms with Crippen molar-refractivity contribution in [3.05, 3.63) is 41.6 Å².